The van der Waals surface area contributed by atoms with E-state index >= 15 is 0 Å². The lowest BCUT2D eigenvalue weighted by molar-refractivity contribution is 0.332. The molecule has 0 aliphatic heterocycles. The number of benzene rings is 2. The van der Waals surface area contributed by atoms with Gasteiger partial charge < -0.3 is 14.8 Å². The van der Waals surface area contributed by atoms with Crippen LogP contribution in [0.2, 0.25) is 0 Å². The van der Waals surface area contributed by atoms with Crippen molar-refractivity contribution in [2.45, 2.75) is 19.8 Å². The highest BCUT2D eigenvalue weighted by Crippen LogP contribution is 2.19. The SMILES string of the molecule is COc1ccc(OCCNc2cccc(C(C)C)c2)cc1. The van der Waals surface area contributed by atoms with E-state index < -0.39 is 0 Å². The lowest BCUT2D eigenvalue weighted by atomic mass is 10.0. The van der Waals surface area contributed by atoms with Crippen molar-refractivity contribution in [3.8, 4) is 11.5 Å². The first-order valence-corrected chi connectivity index (χ1v) is 7.29. The minimum absolute atomic E-state index is 0.544. The summed E-state index contributed by atoms with van der Waals surface area (Å²) >= 11 is 0. The summed E-state index contributed by atoms with van der Waals surface area (Å²) in [5.41, 5.74) is 2.48. The molecule has 2 rings (SSSR count). The molecule has 2 aromatic carbocycles. The molecule has 0 amide bonds. The molecular weight excluding hydrogens is 262 g/mol. The number of hydrogen-bond acceptors (Lipinski definition) is 3. The molecule has 0 aliphatic rings. The summed E-state index contributed by atoms with van der Waals surface area (Å²) in [5, 5.41) is 3.38. The largest absolute Gasteiger partial charge is 0.497 e. The van der Waals surface area contributed by atoms with Crippen LogP contribution in [0.3, 0.4) is 0 Å². The van der Waals surface area contributed by atoms with Gasteiger partial charge in [0.05, 0.1) is 7.11 Å². The van der Waals surface area contributed by atoms with E-state index in [0.29, 0.717) is 12.5 Å². The molecule has 0 unspecified atom stereocenters. The molecule has 0 atom stereocenters. The first-order chi connectivity index (χ1) is 10.2. The van der Waals surface area contributed by atoms with Crippen molar-refractivity contribution in [2.24, 2.45) is 0 Å². The van der Waals surface area contributed by atoms with Crippen molar-refractivity contribution >= 4 is 5.69 Å². The number of ether oxygens (including phenoxy) is 2. The van der Waals surface area contributed by atoms with Gasteiger partial charge in [-0.3, -0.25) is 0 Å². The summed E-state index contributed by atoms with van der Waals surface area (Å²) in [6.45, 7) is 5.80. The Kier molecular flexibility index (Phi) is 5.50. The first-order valence-electron chi connectivity index (χ1n) is 7.29. The number of anilines is 1. The second-order valence-corrected chi connectivity index (χ2v) is 5.23. The Labute approximate surface area is 126 Å². The maximum absolute atomic E-state index is 5.69. The fraction of sp³-hybridized carbons (Fsp3) is 0.333. The number of hydrogen-bond donors (Lipinski definition) is 1. The predicted molar refractivity (Wildman–Crippen MR) is 87.5 cm³/mol. The molecule has 0 heterocycles. The Morgan fingerprint density at radius 2 is 1.71 bits per heavy atom. The van der Waals surface area contributed by atoms with E-state index in [9.17, 15) is 0 Å². The molecule has 0 aliphatic carbocycles. The summed E-state index contributed by atoms with van der Waals surface area (Å²) in [7, 11) is 1.66. The average molecular weight is 285 g/mol. The van der Waals surface area contributed by atoms with E-state index in [0.717, 1.165) is 23.7 Å². The highest BCUT2D eigenvalue weighted by Gasteiger charge is 2.00. The van der Waals surface area contributed by atoms with Crippen molar-refractivity contribution in [1.29, 1.82) is 0 Å². The monoisotopic (exact) mass is 285 g/mol. The van der Waals surface area contributed by atoms with Crippen molar-refractivity contribution in [3.05, 3.63) is 54.1 Å². The Morgan fingerprint density at radius 1 is 1.00 bits per heavy atom. The number of nitrogens with one attached hydrogen (secondary N) is 1. The van der Waals surface area contributed by atoms with Crippen molar-refractivity contribution in [3.63, 3.8) is 0 Å². The minimum atomic E-state index is 0.544. The molecule has 0 spiro atoms. The van der Waals surface area contributed by atoms with Gasteiger partial charge in [0.15, 0.2) is 0 Å². The van der Waals surface area contributed by atoms with Crippen LogP contribution in [0.5, 0.6) is 11.5 Å². The Balaban J connectivity index is 1.77. The van der Waals surface area contributed by atoms with Crippen LogP contribution in [0.4, 0.5) is 5.69 Å². The summed E-state index contributed by atoms with van der Waals surface area (Å²) in [4.78, 5) is 0. The zero-order valence-electron chi connectivity index (χ0n) is 12.9. The van der Waals surface area contributed by atoms with Crippen molar-refractivity contribution in [1.82, 2.24) is 0 Å². The van der Waals surface area contributed by atoms with Gasteiger partial charge in [0, 0.05) is 12.2 Å². The van der Waals surface area contributed by atoms with E-state index in [-0.39, 0.29) is 0 Å². The van der Waals surface area contributed by atoms with E-state index in [2.05, 4.69) is 43.4 Å². The maximum Gasteiger partial charge on any atom is 0.119 e. The summed E-state index contributed by atoms with van der Waals surface area (Å²) < 4.78 is 10.8. The molecule has 0 saturated carbocycles. The van der Waals surface area contributed by atoms with Gasteiger partial charge in [-0.2, -0.15) is 0 Å². The molecule has 0 aromatic heterocycles. The third-order valence-corrected chi connectivity index (χ3v) is 3.31. The van der Waals surface area contributed by atoms with Crippen LogP contribution in [-0.2, 0) is 0 Å². The molecule has 21 heavy (non-hydrogen) atoms. The molecule has 0 bridgehead atoms. The number of rotatable bonds is 7. The van der Waals surface area contributed by atoms with Crippen LogP contribution in [-0.4, -0.2) is 20.3 Å². The van der Waals surface area contributed by atoms with Gasteiger partial charge in [0.1, 0.15) is 18.1 Å². The molecule has 2 aromatic rings. The molecular formula is C18H23NO2. The molecule has 0 fully saturated rings. The van der Waals surface area contributed by atoms with Gasteiger partial charge in [-0.1, -0.05) is 26.0 Å². The molecule has 0 radical (unpaired) electrons. The average Bonchev–Trinajstić information content (AvgIpc) is 2.52. The van der Waals surface area contributed by atoms with E-state index in [4.69, 9.17) is 9.47 Å². The highest BCUT2D eigenvalue weighted by molar-refractivity contribution is 5.46. The lowest BCUT2D eigenvalue weighted by Gasteiger charge is -2.11. The fourth-order valence-corrected chi connectivity index (χ4v) is 2.04. The summed E-state index contributed by atoms with van der Waals surface area (Å²) in [5.74, 6) is 2.24. The van der Waals surface area contributed by atoms with Crippen LogP contribution < -0.4 is 14.8 Å². The van der Waals surface area contributed by atoms with Crippen LogP contribution in [0, 0.1) is 0 Å². The lowest BCUT2D eigenvalue weighted by Crippen LogP contribution is -2.11. The van der Waals surface area contributed by atoms with Crippen LogP contribution in [0.1, 0.15) is 25.3 Å². The van der Waals surface area contributed by atoms with Gasteiger partial charge in [0.25, 0.3) is 0 Å². The van der Waals surface area contributed by atoms with Crippen LogP contribution in [0.25, 0.3) is 0 Å². The maximum atomic E-state index is 5.69. The molecule has 112 valence electrons. The normalized spacial score (nSPS) is 10.5. The van der Waals surface area contributed by atoms with Crippen molar-refractivity contribution < 1.29 is 9.47 Å². The van der Waals surface area contributed by atoms with Crippen molar-refractivity contribution in [2.75, 3.05) is 25.6 Å². The summed E-state index contributed by atoms with van der Waals surface area (Å²) in [6.07, 6.45) is 0. The Hall–Kier alpha value is -2.16. The van der Waals surface area contributed by atoms with Gasteiger partial charge in [-0.25, -0.2) is 0 Å². The number of methoxy groups -OCH3 is 1. The van der Waals surface area contributed by atoms with Gasteiger partial charge in [0.2, 0.25) is 0 Å². The zero-order valence-corrected chi connectivity index (χ0v) is 12.9. The van der Waals surface area contributed by atoms with E-state index in [1.807, 2.05) is 24.3 Å². The second kappa shape index (κ2) is 7.58. The van der Waals surface area contributed by atoms with Gasteiger partial charge in [-0.05, 0) is 47.9 Å². The molecule has 3 nitrogen and oxygen atoms in total. The highest BCUT2D eigenvalue weighted by atomic mass is 16.5. The summed E-state index contributed by atoms with van der Waals surface area (Å²) in [6, 6.07) is 16.1. The third kappa shape index (κ3) is 4.71. The van der Waals surface area contributed by atoms with Crippen LogP contribution in [0.15, 0.2) is 48.5 Å². The van der Waals surface area contributed by atoms with Gasteiger partial charge >= 0.3 is 0 Å². The molecule has 0 saturated heterocycles. The second-order valence-electron chi connectivity index (χ2n) is 5.23. The Bertz CT molecular complexity index is 549. The van der Waals surface area contributed by atoms with Gasteiger partial charge in [-0.15, -0.1) is 0 Å². The van der Waals surface area contributed by atoms with E-state index in [1.165, 1.54) is 5.56 Å². The smallest absolute Gasteiger partial charge is 0.119 e. The van der Waals surface area contributed by atoms with Crippen LogP contribution >= 0.6 is 0 Å². The molecule has 3 heteroatoms. The minimum Gasteiger partial charge on any atom is -0.497 e. The Morgan fingerprint density at radius 3 is 2.38 bits per heavy atom. The third-order valence-electron chi connectivity index (χ3n) is 3.31. The topological polar surface area (TPSA) is 30.5 Å². The first kappa shape index (κ1) is 15.2. The predicted octanol–water partition coefficient (Wildman–Crippen LogP) is 4.31. The molecule has 1 N–H and O–H groups in total. The quantitative estimate of drug-likeness (QED) is 0.769. The van der Waals surface area contributed by atoms with E-state index in [1.54, 1.807) is 7.11 Å². The fourth-order valence-electron chi connectivity index (χ4n) is 2.04. The zero-order chi connectivity index (χ0) is 15.1. The standard InChI is InChI=1S/C18H23NO2/c1-14(2)15-5-4-6-16(13-15)19-11-12-21-18-9-7-17(20-3)8-10-18/h4-10,13-14,19H,11-12H2,1-3H3.